The zero-order chi connectivity index (χ0) is 28.4. The molecule has 3 heterocycles. The van der Waals surface area contributed by atoms with E-state index in [9.17, 15) is 14.0 Å². The van der Waals surface area contributed by atoms with Crippen LogP contribution in [0, 0.1) is 17.7 Å². The fourth-order valence-electron chi connectivity index (χ4n) is 4.47. The number of nitrogens with zero attached hydrogens (tertiary/aromatic N) is 3. The minimum atomic E-state index is -2.31. The average molecular weight is 542 g/mol. The van der Waals surface area contributed by atoms with Crippen LogP contribution in [0.25, 0.3) is 22.3 Å². The zero-order valence-electron chi connectivity index (χ0n) is 21.7. The number of aromatic amines is 1. The van der Waals surface area contributed by atoms with E-state index in [1.807, 2.05) is 19.0 Å². The number of primary amides is 1. The van der Waals surface area contributed by atoms with Crippen LogP contribution in [0.5, 0.6) is 5.75 Å². The van der Waals surface area contributed by atoms with E-state index in [-0.39, 0.29) is 23.3 Å². The number of allylic oxidation sites excluding steroid dienone is 2. The Bertz CT molecular complexity index is 1790. The number of alkyl halides is 1. The maximum atomic E-state index is 16.3. The Labute approximate surface area is 228 Å². The number of H-pyrrole nitrogens is 1. The first-order chi connectivity index (χ1) is 19.1. The van der Waals surface area contributed by atoms with Crippen molar-refractivity contribution in [2.45, 2.75) is 12.3 Å². The summed E-state index contributed by atoms with van der Waals surface area (Å²) in [5.41, 5.74) is 6.55. The molecule has 3 aromatic heterocycles. The van der Waals surface area contributed by atoms with Crippen LogP contribution in [0.15, 0.2) is 78.0 Å². The molecule has 1 unspecified atom stereocenters. The van der Waals surface area contributed by atoms with Gasteiger partial charge >= 0.3 is 0 Å². The van der Waals surface area contributed by atoms with Gasteiger partial charge in [0.1, 0.15) is 22.8 Å². The van der Waals surface area contributed by atoms with Crippen molar-refractivity contribution in [3.8, 4) is 23.3 Å². The van der Waals surface area contributed by atoms with Gasteiger partial charge in [0.2, 0.25) is 0 Å². The molecule has 40 heavy (non-hydrogen) atoms. The topological polar surface area (TPSA) is 106 Å². The van der Waals surface area contributed by atoms with E-state index in [2.05, 4.69) is 21.8 Å². The van der Waals surface area contributed by atoms with Crippen LogP contribution in [-0.4, -0.2) is 51.8 Å². The summed E-state index contributed by atoms with van der Waals surface area (Å²) in [4.78, 5) is 34.9. The Balaban J connectivity index is 1.49. The molecule has 0 saturated heterocycles. The third-order valence-corrected chi connectivity index (χ3v) is 6.30. The van der Waals surface area contributed by atoms with Gasteiger partial charge in [-0.15, -0.1) is 0 Å². The highest BCUT2D eigenvalue weighted by Gasteiger charge is 2.35. The highest BCUT2D eigenvalue weighted by molar-refractivity contribution is 5.98. The lowest BCUT2D eigenvalue weighted by Crippen LogP contribution is -2.33. The molecule has 3 N–H and O–H groups in total. The van der Waals surface area contributed by atoms with Crippen LogP contribution in [0.2, 0.25) is 0 Å². The Hall–Kier alpha value is -5.01. The van der Waals surface area contributed by atoms with Crippen LogP contribution in [0.3, 0.4) is 0 Å². The van der Waals surface area contributed by atoms with Crippen LogP contribution < -0.4 is 16.0 Å². The monoisotopic (exact) mass is 541 g/mol. The van der Waals surface area contributed by atoms with Crippen LogP contribution >= 0.6 is 0 Å². The van der Waals surface area contributed by atoms with Crippen molar-refractivity contribution < 1.29 is 18.3 Å². The van der Waals surface area contributed by atoms with E-state index < -0.39 is 23.1 Å². The van der Waals surface area contributed by atoms with Gasteiger partial charge in [-0.25, -0.2) is 9.37 Å². The van der Waals surface area contributed by atoms with E-state index >= 15 is 4.39 Å². The van der Waals surface area contributed by atoms with Crippen molar-refractivity contribution >= 4 is 22.5 Å². The van der Waals surface area contributed by atoms with E-state index in [1.54, 1.807) is 18.3 Å². The van der Waals surface area contributed by atoms with E-state index in [4.69, 9.17) is 10.5 Å². The molecule has 0 radical (unpaired) electrons. The summed E-state index contributed by atoms with van der Waals surface area (Å²) in [6, 6.07) is 8.26. The van der Waals surface area contributed by atoms with E-state index in [0.29, 0.717) is 34.4 Å². The highest BCUT2D eigenvalue weighted by Crippen LogP contribution is 2.38. The van der Waals surface area contributed by atoms with Gasteiger partial charge in [0.15, 0.2) is 0 Å². The van der Waals surface area contributed by atoms with Crippen molar-refractivity contribution in [2.75, 3.05) is 20.6 Å². The molecule has 8 nitrogen and oxygen atoms in total. The van der Waals surface area contributed by atoms with Crippen LogP contribution in [-0.2, 0) is 0 Å². The summed E-state index contributed by atoms with van der Waals surface area (Å²) in [5, 5.41) is 0.537. The average Bonchev–Trinajstić information content (AvgIpc) is 3.32. The first-order valence-electron chi connectivity index (χ1n) is 12.3. The maximum absolute atomic E-state index is 16.3. The van der Waals surface area contributed by atoms with E-state index in [0.717, 1.165) is 0 Å². The third-order valence-electron chi connectivity index (χ3n) is 6.30. The summed E-state index contributed by atoms with van der Waals surface area (Å²) in [7, 11) is 3.81. The standard InChI is InChI=1S/C30H25F2N5O3/c1-36(2)15-4-6-20-18-35-28-25(20)24(11-14-34-28)40-30(32)13-3-5-19(17-30)23-12-16-37(29(39)26(23)27(33)38)22-9-7-21(31)8-10-22/h3,5,7-14,16,18H,15,17H2,1-2H3,(H2,33,38)(H,34,35). The zero-order valence-corrected chi connectivity index (χ0v) is 21.7. The largest absolute Gasteiger partial charge is 0.453 e. The fourth-order valence-corrected chi connectivity index (χ4v) is 4.47. The van der Waals surface area contributed by atoms with Crippen LogP contribution in [0.4, 0.5) is 8.78 Å². The maximum Gasteiger partial charge on any atom is 0.271 e. The highest BCUT2D eigenvalue weighted by atomic mass is 19.2. The quantitative estimate of drug-likeness (QED) is 0.360. The molecule has 1 aliphatic rings. The number of benzene rings is 1. The van der Waals surface area contributed by atoms with Crippen LogP contribution in [0.1, 0.15) is 27.9 Å². The molecule has 0 spiro atoms. The summed E-state index contributed by atoms with van der Waals surface area (Å²) in [6.07, 6.45) is 8.63. The summed E-state index contributed by atoms with van der Waals surface area (Å²) >= 11 is 0. The first-order valence-corrected chi connectivity index (χ1v) is 12.3. The molecule has 0 bridgehead atoms. The summed E-state index contributed by atoms with van der Waals surface area (Å²) in [6.45, 7) is 0.537. The van der Waals surface area contributed by atoms with Gasteiger partial charge in [-0.05, 0) is 67.7 Å². The number of carbonyl (C=O) groups excluding carboxylic acids is 1. The SMILES string of the molecule is CN(C)CC#Cc1c[nH]c2nccc(OC3(F)C=CC=C(c4ccn(-c5ccc(F)cc5)c(=O)c4C(N)=O)C3)c12. The number of nitrogens with two attached hydrogens (primary N) is 1. The van der Waals surface area contributed by atoms with Gasteiger partial charge in [0.05, 0.1) is 17.5 Å². The number of amides is 1. The molecular formula is C30H25F2N5O3. The Morgan fingerprint density at radius 2 is 2.02 bits per heavy atom. The van der Waals surface area contributed by atoms with Crippen molar-refractivity contribution in [3.05, 3.63) is 106 Å². The molecule has 0 fully saturated rings. The summed E-state index contributed by atoms with van der Waals surface area (Å²) in [5.74, 6) is 2.59. The molecule has 10 heteroatoms. The van der Waals surface area contributed by atoms with Crippen molar-refractivity contribution in [2.24, 2.45) is 5.73 Å². The van der Waals surface area contributed by atoms with Gasteiger partial charge in [-0.2, -0.15) is 4.39 Å². The number of nitrogens with one attached hydrogen (secondary N) is 1. The van der Waals surface area contributed by atoms with E-state index in [1.165, 1.54) is 59.4 Å². The number of hydrogen-bond donors (Lipinski definition) is 2. The van der Waals surface area contributed by atoms with Gasteiger partial charge in [-0.1, -0.05) is 24.0 Å². The second kappa shape index (κ2) is 10.6. The molecule has 1 aromatic carbocycles. The smallest absolute Gasteiger partial charge is 0.271 e. The molecule has 1 atom stereocenters. The predicted molar refractivity (Wildman–Crippen MR) is 148 cm³/mol. The third kappa shape index (κ3) is 5.28. The number of hydrogen-bond acceptors (Lipinski definition) is 5. The van der Waals surface area contributed by atoms with Gasteiger partial charge in [0, 0.05) is 30.7 Å². The van der Waals surface area contributed by atoms with Gasteiger partial charge in [0.25, 0.3) is 17.3 Å². The number of halogens is 2. The number of aromatic nitrogens is 3. The molecule has 202 valence electrons. The number of rotatable bonds is 6. The molecule has 4 aromatic rings. The number of ether oxygens (including phenoxy) is 1. The van der Waals surface area contributed by atoms with Crippen molar-refractivity contribution in [1.29, 1.82) is 0 Å². The minimum Gasteiger partial charge on any atom is -0.453 e. The fraction of sp³-hybridized carbons (Fsp3) is 0.167. The molecule has 1 aliphatic carbocycles. The van der Waals surface area contributed by atoms with Crippen molar-refractivity contribution in [3.63, 3.8) is 0 Å². The Morgan fingerprint density at radius 1 is 1.25 bits per heavy atom. The van der Waals surface area contributed by atoms with Crippen molar-refractivity contribution in [1.82, 2.24) is 19.4 Å². The second-order valence-corrected chi connectivity index (χ2v) is 9.51. The predicted octanol–water partition coefficient (Wildman–Crippen LogP) is 3.95. The lowest BCUT2D eigenvalue weighted by atomic mass is 9.91. The Morgan fingerprint density at radius 3 is 2.75 bits per heavy atom. The lowest BCUT2D eigenvalue weighted by Gasteiger charge is -2.28. The normalized spacial score (nSPS) is 16.5. The minimum absolute atomic E-state index is 0.183. The molecule has 0 aliphatic heterocycles. The number of fused-ring (bicyclic) bond motifs is 1. The molecule has 0 saturated carbocycles. The Kier molecular flexibility index (Phi) is 7.07. The lowest BCUT2D eigenvalue weighted by molar-refractivity contribution is -0.00935. The van der Waals surface area contributed by atoms with Gasteiger partial charge < -0.3 is 15.5 Å². The number of carbonyl (C=O) groups is 1. The summed E-state index contributed by atoms with van der Waals surface area (Å²) < 4.78 is 36.7. The second-order valence-electron chi connectivity index (χ2n) is 9.51. The molecule has 5 rings (SSSR count). The first kappa shape index (κ1) is 26.6. The molecule has 1 amide bonds. The molecular weight excluding hydrogens is 516 g/mol. The number of pyridine rings is 2. The van der Waals surface area contributed by atoms with Gasteiger partial charge in [-0.3, -0.25) is 19.1 Å².